The highest BCUT2D eigenvalue weighted by Gasteiger charge is 2.19. The molecule has 0 bridgehead atoms. The Morgan fingerprint density at radius 1 is 1.18 bits per heavy atom. The van der Waals surface area contributed by atoms with Gasteiger partial charge in [-0.3, -0.25) is 13.9 Å². The van der Waals surface area contributed by atoms with Crippen molar-refractivity contribution in [2.24, 2.45) is 25.1 Å². The summed E-state index contributed by atoms with van der Waals surface area (Å²) in [4.78, 5) is 29.4. The van der Waals surface area contributed by atoms with Gasteiger partial charge < -0.3 is 4.57 Å². The van der Waals surface area contributed by atoms with E-state index in [-0.39, 0.29) is 5.56 Å². The van der Waals surface area contributed by atoms with Crippen LogP contribution in [0.2, 0.25) is 5.02 Å². The van der Waals surface area contributed by atoms with Crippen molar-refractivity contribution in [1.82, 2.24) is 18.7 Å². The number of aromatic nitrogens is 4. The summed E-state index contributed by atoms with van der Waals surface area (Å²) in [5, 5.41) is 4.88. The molecule has 0 radical (unpaired) electrons. The Hall–Kier alpha value is -2.87. The molecule has 0 unspecified atom stereocenters. The van der Waals surface area contributed by atoms with Crippen LogP contribution in [0.1, 0.15) is 25.8 Å². The summed E-state index contributed by atoms with van der Waals surface area (Å²) in [6.07, 6.45) is 2.49. The third kappa shape index (κ3) is 3.87. The van der Waals surface area contributed by atoms with Crippen LogP contribution in [-0.4, -0.2) is 24.9 Å². The zero-order valence-electron chi connectivity index (χ0n) is 16.3. The van der Waals surface area contributed by atoms with Crippen molar-refractivity contribution in [3.8, 4) is 0 Å². The topological polar surface area (TPSA) is 86.2 Å². The normalized spacial score (nSPS) is 11.8. The molecule has 0 saturated heterocycles. The average Bonchev–Trinajstić information content (AvgIpc) is 3.03. The maximum absolute atomic E-state index is 12.7. The number of anilines is 1. The van der Waals surface area contributed by atoms with Crippen LogP contribution >= 0.6 is 11.6 Å². The van der Waals surface area contributed by atoms with Crippen molar-refractivity contribution >= 4 is 34.9 Å². The molecule has 1 N–H and O–H groups in total. The van der Waals surface area contributed by atoms with Crippen molar-refractivity contribution in [3.63, 3.8) is 0 Å². The first-order valence-electron chi connectivity index (χ1n) is 9.00. The number of nitrogens with one attached hydrogen (secondary N) is 1. The first kappa shape index (κ1) is 19.9. The number of hydrazone groups is 1. The first-order valence-corrected chi connectivity index (χ1v) is 9.38. The number of nitrogens with zero attached hydrogens (tertiary/aromatic N) is 5. The van der Waals surface area contributed by atoms with E-state index in [1.807, 2.05) is 12.1 Å². The van der Waals surface area contributed by atoms with Crippen molar-refractivity contribution in [3.05, 3.63) is 55.7 Å². The highest BCUT2D eigenvalue weighted by molar-refractivity contribution is 6.30. The minimum Gasteiger partial charge on any atom is -0.303 e. The number of hydrogen-bond donors (Lipinski definition) is 1. The van der Waals surface area contributed by atoms with Crippen LogP contribution in [0.3, 0.4) is 0 Å². The van der Waals surface area contributed by atoms with Gasteiger partial charge in [0.1, 0.15) is 0 Å². The van der Waals surface area contributed by atoms with Crippen LogP contribution in [0, 0.1) is 5.92 Å². The number of fused-ring (bicyclic) bond motifs is 1. The van der Waals surface area contributed by atoms with E-state index in [0.717, 1.165) is 16.6 Å². The highest BCUT2D eigenvalue weighted by Crippen LogP contribution is 2.18. The molecular weight excluding hydrogens is 380 g/mol. The fourth-order valence-electron chi connectivity index (χ4n) is 2.85. The molecule has 148 valence electrons. The zero-order chi connectivity index (χ0) is 20.4. The quantitative estimate of drug-likeness (QED) is 0.507. The van der Waals surface area contributed by atoms with E-state index in [2.05, 4.69) is 29.4 Å². The number of aryl methyl sites for hydroxylation is 2. The Morgan fingerprint density at radius 2 is 1.86 bits per heavy atom. The Morgan fingerprint density at radius 3 is 2.50 bits per heavy atom. The van der Waals surface area contributed by atoms with Crippen LogP contribution in [0.4, 0.5) is 5.95 Å². The monoisotopic (exact) mass is 402 g/mol. The van der Waals surface area contributed by atoms with Crippen LogP contribution in [0.25, 0.3) is 11.2 Å². The number of benzene rings is 1. The molecule has 0 fully saturated rings. The van der Waals surface area contributed by atoms with Crippen molar-refractivity contribution in [1.29, 1.82) is 0 Å². The van der Waals surface area contributed by atoms with E-state index in [9.17, 15) is 9.59 Å². The summed E-state index contributed by atoms with van der Waals surface area (Å²) in [6, 6.07) is 7.24. The number of halogens is 1. The van der Waals surface area contributed by atoms with Crippen molar-refractivity contribution in [2.75, 3.05) is 5.43 Å². The largest absolute Gasteiger partial charge is 0.332 e. The Kier molecular flexibility index (Phi) is 5.69. The summed E-state index contributed by atoms with van der Waals surface area (Å²) in [7, 11) is 3.07. The van der Waals surface area contributed by atoms with Crippen LogP contribution in [0.5, 0.6) is 0 Å². The molecule has 1 aromatic carbocycles. The van der Waals surface area contributed by atoms with Crippen LogP contribution in [0.15, 0.2) is 39.0 Å². The number of rotatable bonds is 6. The Balaban J connectivity index is 2.05. The molecule has 0 amide bonds. The van der Waals surface area contributed by atoms with E-state index < -0.39 is 5.69 Å². The second-order valence-corrected chi connectivity index (χ2v) is 7.51. The molecule has 3 aromatic rings. The number of imidazole rings is 1. The van der Waals surface area contributed by atoms with Crippen molar-refractivity contribution < 1.29 is 0 Å². The van der Waals surface area contributed by atoms with Gasteiger partial charge in [-0.15, -0.1) is 0 Å². The molecule has 0 aliphatic rings. The predicted octanol–water partition coefficient (Wildman–Crippen LogP) is 2.58. The fourth-order valence-corrected chi connectivity index (χ4v) is 2.98. The van der Waals surface area contributed by atoms with Gasteiger partial charge in [0, 0.05) is 25.7 Å². The summed E-state index contributed by atoms with van der Waals surface area (Å²) in [5.74, 6) is 0.860. The van der Waals surface area contributed by atoms with E-state index in [4.69, 9.17) is 11.6 Å². The summed E-state index contributed by atoms with van der Waals surface area (Å²) >= 11 is 5.89. The lowest BCUT2D eigenvalue weighted by atomic mass is 10.1. The van der Waals surface area contributed by atoms with Crippen molar-refractivity contribution in [2.45, 2.75) is 26.8 Å². The standard InChI is InChI=1S/C19H23ClN6O2/c1-12(2)9-10-26-15-16(24(3)19(28)25(4)17(15)27)22-18(26)23-21-11-13-5-7-14(20)8-6-13/h5-8,11-12H,9-10H2,1-4H3,(H,22,23). The van der Waals surface area contributed by atoms with Gasteiger partial charge >= 0.3 is 5.69 Å². The molecule has 0 aliphatic heterocycles. The molecule has 0 aliphatic carbocycles. The average molecular weight is 403 g/mol. The van der Waals surface area contributed by atoms with Gasteiger partial charge in [0.25, 0.3) is 5.56 Å². The van der Waals surface area contributed by atoms with E-state index in [1.54, 1.807) is 30.0 Å². The lowest BCUT2D eigenvalue weighted by Crippen LogP contribution is -2.37. The van der Waals surface area contributed by atoms with Gasteiger partial charge in [-0.2, -0.15) is 10.1 Å². The van der Waals surface area contributed by atoms with E-state index in [0.29, 0.717) is 34.6 Å². The van der Waals surface area contributed by atoms with Crippen LogP contribution in [-0.2, 0) is 20.6 Å². The van der Waals surface area contributed by atoms with Gasteiger partial charge in [-0.25, -0.2) is 10.2 Å². The Bertz CT molecular complexity index is 1140. The summed E-state index contributed by atoms with van der Waals surface area (Å²) < 4.78 is 4.25. The van der Waals surface area contributed by atoms with Gasteiger partial charge in [-0.1, -0.05) is 37.6 Å². The second-order valence-electron chi connectivity index (χ2n) is 7.07. The minimum atomic E-state index is -0.415. The number of hydrogen-bond acceptors (Lipinski definition) is 5. The lowest BCUT2D eigenvalue weighted by molar-refractivity contribution is 0.524. The smallest absolute Gasteiger partial charge is 0.303 e. The Labute approximate surface area is 167 Å². The zero-order valence-corrected chi connectivity index (χ0v) is 17.1. The van der Waals surface area contributed by atoms with E-state index >= 15 is 0 Å². The molecule has 0 spiro atoms. The maximum atomic E-state index is 12.7. The molecule has 28 heavy (non-hydrogen) atoms. The molecule has 0 saturated carbocycles. The second kappa shape index (κ2) is 8.02. The third-order valence-electron chi connectivity index (χ3n) is 4.53. The molecule has 8 nitrogen and oxygen atoms in total. The van der Waals surface area contributed by atoms with Gasteiger partial charge in [0.15, 0.2) is 11.2 Å². The molecule has 3 rings (SSSR count). The lowest BCUT2D eigenvalue weighted by Gasteiger charge is -2.10. The van der Waals surface area contributed by atoms with Gasteiger partial charge in [-0.05, 0) is 30.0 Å². The van der Waals surface area contributed by atoms with Gasteiger partial charge in [0.05, 0.1) is 6.21 Å². The summed E-state index contributed by atoms with van der Waals surface area (Å²) in [6.45, 7) is 4.80. The van der Waals surface area contributed by atoms with E-state index in [1.165, 1.54) is 11.6 Å². The van der Waals surface area contributed by atoms with Crippen LogP contribution < -0.4 is 16.7 Å². The molecule has 2 heterocycles. The minimum absolute atomic E-state index is 0.334. The fraction of sp³-hybridized carbons (Fsp3) is 0.368. The predicted molar refractivity (Wildman–Crippen MR) is 112 cm³/mol. The third-order valence-corrected chi connectivity index (χ3v) is 4.78. The molecule has 0 atom stereocenters. The molecule has 9 heteroatoms. The SMILES string of the molecule is CC(C)CCn1c(NN=Cc2ccc(Cl)cc2)nc2c1c(=O)n(C)c(=O)n2C. The first-order chi connectivity index (χ1) is 13.3. The molecular formula is C19H23ClN6O2. The molecule has 2 aromatic heterocycles. The highest BCUT2D eigenvalue weighted by atomic mass is 35.5. The van der Waals surface area contributed by atoms with Gasteiger partial charge in [0.2, 0.25) is 5.95 Å². The summed E-state index contributed by atoms with van der Waals surface area (Å²) in [5.41, 5.74) is 3.71. The maximum Gasteiger partial charge on any atom is 0.332 e.